The molecule has 0 aliphatic rings. The maximum absolute atomic E-state index is 11.4. The van der Waals surface area contributed by atoms with Crippen molar-refractivity contribution in [3.05, 3.63) is 42.4 Å². The summed E-state index contributed by atoms with van der Waals surface area (Å²) in [5.41, 5.74) is 2.11. The second kappa shape index (κ2) is 4.71. The molecule has 0 atom stereocenters. The van der Waals surface area contributed by atoms with E-state index in [1.165, 1.54) is 13.5 Å². The first-order valence-corrected chi connectivity index (χ1v) is 5.28. The highest BCUT2D eigenvalue weighted by Crippen LogP contribution is 2.18. The van der Waals surface area contributed by atoms with Crippen molar-refractivity contribution in [3.8, 4) is 6.19 Å². The minimum atomic E-state index is -0.280. The van der Waals surface area contributed by atoms with Gasteiger partial charge in [-0.2, -0.15) is 5.26 Å². The maximum atomic E-state index is 11.4. The van der Waals surface area contributed by atoms with Crippen LogP contribution in [0, 0.1) is 17.9 Å². The summed E-state index contributed by atoms with van der Waals surface area (Å²) in [7, 11) is 1.45. The quantitative estimate of drug-likeness (QED) is 0.641. The Morgan fingerprint density at radius 2 is 2.29 bits per heavy atom. The van der Waals surface area contributed by atoms with Crippen molar-refractivity contribution < 1.29 is 4.79 Å². The molecule has 0 saturated carbocycles. The van der Waals surface area contributed by atoms with Gasteiger partial charge in [-0.3, -0.25) is 9.69 Å². The van der Waals surface area contributed by atoms with E-state index >= 15 is 0 Å². The summed E-state index contributed by atoms with van der Waals surface area (Å²) >= 11 is 0. The minimum absolute atomic E-state index is 0.280. The number of rotatable bonds is 3. The van der Waals surface area contributed by atoms with Gasteiger partial charge in [0.15, 0.2) is 6.19 Å². The van der Waals surface area contributed by atoms with Crippen molar-refractivity contribution in [2.75, 3.05) is 7.05 Å². The lowest BCUT2D eigenvalue weighted by Crippen LogP contribution is -2.21. The fourth-order valence-corrected chi connectivity index (χ4v) is 1.68. The van der Waals surface area contributed by atoms with Gasteiger partial charge < -0.3 is 4.98 Å². The highest BCUT2D eigenvalue weighted by Gasteiger charge is 2.10. The van der Waals surface area contributed by atoms with E-state index < -0.39 is 0 Å². The van der Waals surface area contributed by atoms with Crippen molar-refractivity contribution in [1.29, 1.82) is 5.26 Å². The number of hydrogen-bond donors (Lipinski definition) is 1. The average molecular weight is 226 g/mol. The zero-order valence-electron chi connectivity index (χ0n) is 9.47. The molecule has 1 aromatic heterocycles. The van der Waals surface area contributed by atoms with Crippen LogP contribution in [-0.4, -0.2) is 22.8 Å². The molecule has 0 aliphatic heterocycles. The molecule has 4 heteroatoms. The Labute approximate surface area is 99.5 Å². The number of nitriles is 1. The van der Waals surface area contributed by atoms with Gasteiger partial charge >= 0.3 is 0 Å². The molecule has 0 fully saturated rings. The number of nitrogens with one attached hydrogen (secondary N) is 1. The molecule has 17 heavy (non-hydrogen) atoms. The Balaban J connectivity index is 2.10. The monoisotopic (exact) mass is 226 g/mol. The molecule has 2 rings (SSSR count). The summed E-state index contributed by atoms with van der Waals surface area (Å²) in [5, 5.41) is 9.67. The fraction of sp³-hybridized carbons (Fsp3) is 0.154. The van der Waals surface area contributed by atoms with Crippen LogP contribution in [-0.2, 0) is 11.2 Å². The van der Waals surface area contributed by atoms with Crippen LogP contribution in [0.1, 0.15) is 5.56 Å². The molecular weight excluding hydrogens is 214 g/mol. The van der Waals surface area contributed by atoms with Crippen molar-refractivity contribution in [3.63, 3.8) is 0 Å². The number of carbonyl (C=O) groups excluding carboxylic acids is 1. The van der Waals surface area contributed by atoms with Crippen LogP contribution < -0.4 is 0 Å². The van der Waals surface area contributed by atoms with Gasteiger partial charge in [0, 0.05) is 24.1 Å². The third-order valence-electron chi connectivity index (χ3n) is 2.65. The van der Waals surface area contributed by atoms with Crippen LogP contribution in [0.5, 0.6) is 0 Å². The summed E-state index contributed by atoms with van der Waals surface area (Å²) in [6.07, 6.45) is 5.70. The molecule has 1 amide bonds. The van der Waals surface area contributed by atoms with Crippen molar-refractivity contribution in [2.45, 2.75) is 6.42 Å². The number of amides is 1. The van der Waals surface area contributed by atoms with Gasteiger partial charge in [-0.05, 0) is 18.1 Å². The SMILES string of the molecule is CN(C#N)C(=O)[CH]Cc1c[nH]c2ccccc12. The van der Waals surface area contributed by atoms with E-state index in [0.29, 0.717) is 6.42 Å². The Hall–Kier alpha value is -2.28. The average Bonchev–Trinajstić information content (AvgIpc) is 2.78. The number of benzene rings is 1. The smallest absolute Gasteiger partial charge is 0.239 e. The van der Waals surface area contributed by atoms with Gasteiger partial charge in [-0.15, -0.1) is 0 Å². The van der Waals surface area contributed by atoms with E-state index in [9.17, 15) is 4.79 Å². The molecule has 85 valence electrons. The number of aromatic amines is 1. The third-order valence-corrected chi connectivity index (χ3v) is 2.65. The highest BCUT2D eigenvalue weighted by atomic mass is 16.2. The minimum Gasteiger partial charge on any atom is -0.361 e. The zero-order chi connectivity index (χ0) is 12.3. The predicted molar refractivity (Wildman–Crippen MR) is 64.7 cm³/mol. The molecule has 0 saturated heterocycles. The fourth-order valence-electron chi connectivity index (χ4n) is 1.68. The van der Waals surface area contributed by atoms with Crippen LogP contribution in [0.25, 0.3) is 10.9 Å². The number of carbonyl (C=O) groups is 1. The van der Waals surface area contributed by atoms with Crippen molar-refractivity contribution in [2.24, 2.45) is 0 Å². The van der Waals surface area contributed by atoms with Gasteiger partial charge in [-0.25, -0.2) is 0 Å². The van der Waals surface area contributed by atoms with Gasteiger partial charge in [-0.1, -0.05) is 18.2 Å². The largest absolute Gasteiger partial charge is 0.361 e. The summed E-state index contributed by atoms with van der Waals surface area (Å²) in [6, 6.07) is 7.92. The first-order valence-electron chi connectivity index (χ1n) is 5.28. The van der Waals surface area contributed by atoms with E-state index in [1.807, 2.05) is 30.5 Å². The van der Waals surface area contributed by atoms with Crippen LogP contribution in [0.3, 0.4) is 0 Å². The Morgan fingerprint density at radius 1 is 1.53 bits per heavy atom. The van der Waals surface area contributed by atoms with E-state index in [0.717, 1.165) is 21.4 Å². The Morgan fingerprint density at radius 3 is 3.06 bits per heavy atom. The number of para-hydroxylation sites is 1. The Kier molecular flexibility index (Phi) is 3.10. The highest BCUT2D eigenvalue weighted by molar-refractivity contribution is 5.88. The molecule has 1 heterocycles. The number of hydrogen-bond acceptors (Lipinski definition) is 2. The number of H-pyrrole nitrogens is 1. The summed E-state index contributed by atoms with van der Waals surface area (Å²) in [6.45, 7) is 0. The topological polar surface area (TPSA) is 59.9 Å². The number of nitrogens with zero attached hydrogens (tertiary/aromatic N) is 2. The van der Waals surface area contributed by atoms with Crippen LogP contribution in [0.15, 0.2) is 30.5 Å². The summed E-state index contributed by atoms with van der Waals surface area (Å²) in [5.74, 6) is -0.280. The predicted octanol–water partition coefficient (Wildman–Crippen LogP) is 1.85. The lowest BCUT2D eigenvalue weighted by molar-refractivity contribution is -0.123. The second-order valence-corrected chi connectivity index (χ2v) is 3.77. The van der Waals surface area contributed by atoms with E-state index in [4.69, 9.17) is 5.26 Å². The molecule has 0 aliphatic carbocycles. The lowest BCUT2D eigenvalue weighted by atomic mass is 10.1. The molecule has 0 unspecified atom stereocenters. The molecule has 1 N–H and O–H groups in total. The van der Waals surface area contributed by atoms with Crippen LogP contribution in [0.2, 0.25) is 0 Å². The first kappa shape index (κ1) is 11.2. The summed E-state index contributed by atoms with van der Waals surface area (Å²) < 4.78 is 0. The molecule has 4 nitrogen and oxygen atoms in total. The van der Waals surface area contributed by atoms with E-state index in [-0.39, 0.29) is 5.91 Å². The molecule has 1 aromatic carbocycles. The van der Waals surface area contributed by atoms with E-state index in [2.05, 4.69) is 4.98 Å². The van der Waals surface area contributed by atoms with Crippen LogP contribution >= 0.6 is 0 Å². The molecule has 0 spiro atoms. The summed E-state index contributed by atoms with van der Waals surface area (Å²) in [4.78, 5) is 15.6. The van der Waals surface area contributed by atoms with Gasteiger partial charge in [0.25, 0.3) is 0 Å². The maximum Gasteiger partial charge on any atom is 0.239 e. The molecule has 0 bridgehead atoms. The van der Waals surface area contributed by atoms with E-state index in [1.54, 1.807) is 6.19 Å². The zero-order valence-corrected chi connectivity index (χ0v) is 9.47. The van der Waals surface area contributed by atoms with Crippen molar-refractivity contribution >= 4 is 16.8 Å². The number of fused-ring (bicyclic) bond motifs is 1. The number of aromatic nitrogens is 1. The van der Waals surface area contributed by atoms with Gasteiger partial charge in [0.2, 0.25) is 5.91 Å². The molecular formula is C13H12N3O. The first-order chi connectivity index (χ1) is 8.22. The standard InChI is InChI=1S/C13H12N3O/c1-16(9-14)13(17)7-6-10-8-15-12-5-3-2-4-11(10)12/h2-5,7-8,15H,6H2,1H3. The molecule has 1 radical (unpaired) electrons. The van der Waals surface area contributed by atoms with Gasteiger partial charge in [0.1, 0.15) is 0 Å². The molecule has 2 aromatic rings. The third kappa shape index (κ3) is 2.28. The normalized spacial score (nSPS) is 10.1. The van der Waals surface area contributed by atoms with Gasteiger partial charge in [0.05, 0.1) is 6.42 Å². The Bertz CT molecular complexity index is 580. The second-order valence-electron chi connectivity index (χ2n) is 3.77. The lowest BCUT2D eigenvalue weighted by Gasteiger charge is -2.05. The van der Waals surface area contributed by atoms with Crippen LogP contribution in [0.4, 0.5) is 0 Å². The van der Waals surface area contributed by atoms with Crippen molar-refractivity contribution in [1.82, 2.24) is 9.88 Å².